The third kappa shape index (κ3) is 14.5. The summed E-state index contributed by atoms with van der Waals surface area (Å²) in [5.41, 5.74) is 6.67. The zero-order valence-corrected chi connectivity index (χ0v) is 19.4. The molecule has 0 aliphatic carbocycles. The molecule has 1 unspecified atom stereocenters. The summed E-state index contributed by atoms with van der Waals surface area (Å²) in [7, 11) is 0. The molecule has 0 aliphatic heterocycles. The molecule has 0 fully saturated rings. The van der Waals surface area contributed by atoms with E-state index in [4.69, 9.17) is 11.1 Å². The van der Waals surface area contributed by atoms with Crippen LogP contribution in [-0.4, -0.2) is 11.7 Å². The molecule has 4 heteroatoms. The van der Waals surface area contributed by atoms with E-state index in [0.29, 0.717) is 5.56 Å². The molecular weight excluding hydrogens is 322 g/mol. The van der Waals surface area contributed by atoms with Gasteiger partial charge in [0.2, 0.25) is 5.91 Å². The molecule has 0 saturated heterocycles. The van der Waals surface area contributed by atoms with Crippen LogP contribution in [0.1, 0.15) is 88.6 Å². The van der Waals surface area contributed by atoms with Crippen molar-refractivity contribution in [3.05, 3.63) is 29.8 Å². The molecule has 154 valence electrons. The van der Waals surface area contributed by atoms with E-state index in [1.807, 2.05) is 83.1 Å². The van der Waals surface area contributed by atoms with Gasteiger partial charge in [0.05, 0.1) is 0 Å². The summed E-state index contributed by atoms with van der Waals surface area (Å²) in [6.45, 7) is 24.0. The quantitative estimate of drug-likeness (QED) is 0.410. The minimum atomic E-state index is -0.0787. The number of rotatable bonds is 3. The largest absolute Gasteiger partial charge is 0.384 e. The lowest BCUT2D eigenvalue weighted by atomic mass is 9.81. The van der Waals surface area contributed by atoms with E-state index in [-0.39, 0.29) is 23.1 Å². The van der Waals surface area contributed by atoms with Crippen LogP contribution in [0, 0.1) is 16.7 Å². The first-order valence-electron chi connectivity index (χ1n) is 9.97. The first-order valence-corrected chi connectivity index (χ1v) is 9.97. The highest BCUT2D eigenvalue weighted by molar-refractivity contribution is 5.96. The molecule has 1 aromatic carbocycles. The summed E-state index contributed by atoms with van der Waals surface area (Å²) in [6, 6.07) is 6.95. The van der Waals surface area contributed by atoms with Crippen LogP contribution in [0.5, 0.6) is 0 Å². The Balaban J connectivity index is -0.000000266. The van der Waals surface area contributed by atoms with Crippen molar-refractivity contribution in [2.75, 3.05) is 5.32 Å². The second-order valence-corrected chi connectivity index (χ2v) is 5.57. The number of carbonyl (C=O) groups excluding carboxylic acids is 1. The first kappa shape index (κ1) is 31.9. The van der Waals surface area contributed by atoms with E-state index < -0.39 is 0 Å². The number of nitrogen functional groups attached to an aromatic ring is 1. The number of anilines is 1. The zero-order chi connectivity index (χ0) is 21.9. The van der Waals surface area contributed by atoms with Gasteiger partial charge in [0, 0.05) is 17.2 Å². The van der Waals surface area contributed by atoms with Gasteiger partial charge in [-0.3, -0.25) is 10.2 Å². The molecule has 1 aromatic rings. The van der Waals surface area contributed by atoms with Crippen LogP contribution >= 0.6 is 0 Å². The molecule has 26 heavy (non-hydrogen) atoms. The fourth-order valence-electron chi connectivity index (χ4n) is 1.38. The molecule has 0 heterocycles. The Bertz CT molecular complexity index is 445. The average Bonchev–Trinajstić information content (AvgIpc) is 2.67. The van der Waals surface area contributed by atoms with Crippen LogP contribution in [0.4, 0.5) is 5.69 Å². The van der Waals surface area contributed by atoms with Gasteiger partial charge in [0.25, 0.3) is 0 Å². The summed E-state index contributed by atoms with van der Waals surface area (Å²) >= 11 is 0. The number of nitrogens with two attached hydrogens (primary N) is 1. The summed E-state index contributed by atoms with van der Waals surface area (Å²) in [6.07, 6.45) is 0. The van der Waals surface area contributed by atoms with E-state index in [1.165, 1.54) is 0 Å². The highest BCUT2D eigenvalue weighted by Gasteiger charge is 2.26. The van der Waals surface area contributed by atoms with Crippen molar-refractivity contribution in [1.82, 2.24) is 0 Å². The fraction of sp³-hybridized carbons (Fsp3) is 0.636. The maximum atomic E-state index is 12.0. The SMILES string of the molecule is CC.CC.CC.CC.CC(C(=O)Nc1ccc(C(=N)N)cc1)C(C)(C)C. The molecule has 0 spiro atoms. The van der Waals surface area contributed by atoms with Crippen molar-refractivity contribution in [3.8, 4) is 0 Å². The third-order valence-electron chi connectivity index (χ3n) is 3.16. The second-order valence-electron chi connectivity index (χ2n) is 5.57. The second kappa shape index (κ2) is 19.5. The maximum absolute atomic E-state index is 12.0. The Hall–Kier alpha value is -1.84. The summed E-state index contributed by atoms with van der Waals surface area (Å²) < 4.78 is 0. The number of amides is 1. The summed E-state index contributed by atoms with van der Waals surface area (Å²) in [5.74, 6) is -0.0565. The number of hydrogen-bond acceptors (Lipinski definition) is 2. The Kier molecular flexibility index (Phi) is 23.9. The van der Waals surface area contributed by atoms with Crippen LogP contribution < -0.4 is 11.1 Å². The van der Waals surface area contributed by atoms with Crippen LogP contribution in [0.2, 0.25) is 0 Å². The van der Waals surface area contributed by atoms with E-state index in [1.54, 1.807) is 24.3 Å². The smallest absolute Gasteiger partial charge is 0.227 e. The van der Waals surface area contributed by atoms with E-state index in [0.717, 1.165) is 5.69 Å². The molecule has 4 N–H and O–H groups in total. The van der Waals surface area contributed by atoms with Crippen LogP contribution in [0.25, 0.3) is 0 Å². The van der Waals surface area contributed by atoms with Crippen molar-refractivity contribution in [2.24, 2.45) is 17.1 Å². The molecule has 1 rings (SSSR count). The number of benzene rings is 1. The van der Waals surface area contributed by atoms with Crippen LogP contribution in [-0.2, 0) is 4.79 Å². The number of amidine groups is 1. The molecule has 0 radical (unpaired) electrons. The minimum Gasteiger partial charge on any atom is -0.384 e. The van der Waals surface area contributed by atoms with Crippen LogP contribution in [0.3, 0.4) is 0 Å². The topological polar surface area (TPSA) is 79.0 Å². The standard InChI is InChI=1S/C14H21N3O.4C2H6/c1-9(14(2,3)4)13(18)17-11-7-5-10(6-8-11)12(15)16;4*1-2/h5-9H,1-4H3,(H3,15,16)(H,17,18);4*1-2H3. The molecular formula is C22H45N3O. The Morgan fingerprint density at radius 3 is 1.54 bits per heavy atom. The fourth-order valence-corrected chi connectivity index (χ4v) is 1.38. The summed E-state index contributed by atoms with van der Waals surface area (Å²) in [4.78, 5) is 12.0. The number of nitrogens with one attached hydrogen (secondary N) is 2. The highest BCUT2D eigenvalue weighted by atomic mass is 16.1. The predicted octanol–water partition coefficient (Wildman–Crippen LogP) is 6.70. The molecule has 4 nitrogen and oxygen atoms in total. The van der Waals surface area contributed by atoms with Crippen molar-refractivity contribution < 1.29 is 4.79 Å². The first-order chi connectivity index (χ1) is 12.2. The van der Waals surface area contributed by atoms with Crippen molar-refractivity contribution >= 4 is 17.4 Å². The summed E-state index contributed by atoms with van der Waals surface area (Å²) in [5, 5.41) is 10.2. The normalized spacial score (nSPS) is 9.85. The van der Waals surface area contributed by atoms with Crippen molar-refractivity contribution in [2.45, 2.75) is 83.1 Å². The number of carbonyl (C=O) groups is 1. The predicted molar refractivity (Wildman–Crippen MR) is 120 cm³/mol. The monoisotopic (exact) mass is 367 g/mol. The van der Waals surface area contributed by atoms with E-state index >= 15 is 0 Å². The Labute approximate surface area is 163 Å². The van der Waals surface area contributed by atoms with Gasteiger partial charge in [0.15, 0.2) is 0 Å². The minimum absolute atomic E-state index is 0.00178. The van der Waals surface area contributed by atoms with Gasteiger partial charge in [-0.05, 0) is 29.7 Å². The van der Waals surface area contributed by atoms with Gasteiger partial charge in [-0.1, -0.05) is 83.1 Å². The van der Waals surface area contributed by atoms with Gasteiger partial charge in [-0.15, -0.1) is 0 Å². The molecule has 0 aliphatic rings. The lowest BCUT2D eigenvalue weighted by molar-refractivity contribution is -0.122. The molecule has 0 bridgehead atoms. The van der Waals surface area contributed by atoms with E-state index in [2.05, 4.69) is 5.32 Å². The highest BCUT2D eigenvalue weighted by Crippen LogP contribution is 2.26. The van der Waals surface area contributed by atoms with Gasteiger partial charge in [-0.2, -0.15) is 0 Å². The lowest BCUT2D eigenvalue weighted by Gasteiger charge is -2.26. The lowest BCUT2D eigenvalue weighted by Crippen LogP contribution is -2.30. The molecule has 0 aromatic heterocycles. The Morgan fingerprint density at radius 2 is 1.27 bits per heavy atom. The van der Waals surface area contributed by atoms with Gasteiger partial charge >= 0.3 is 0 Å². The average molecular weight is 368 g/mol. The zero-order valence-electron chi connectivity index (χ0n) is 19.4. The molecule has 0 saturated carbocycles. The number of hydrogen-bond donors (Lipinski definition) is 3. The van der Waals surface area contributed by atoms with E-state index in [9.17, 15) is 4.79 Å². The third-order valence-corrected chi connectivity index (χ3v) is 3.16. The van der Waals surface area contributed by atoms with Crippen LogP contribution in [0.15, 0.2) is 24.3 Å². The Morgan fingerprint density at radius 1 is 0.923 bits per heavy atom. The van der Waals surface area contributed by atoms with Crippen molar-refractivity contribution in [3.63, 3.8) is 0 Å². The van der Waals surface area contributed by atoms with Gasteiger partial charge in [0.1, 0.15) is 5.84 Å². The molecule has 1 atom stereocenters. The van der Waals surface area contributed by atoms with Crippen molar-refractivity contribution in [1.29, 1.82) is 5.41 Å². The maximum Gasteiger partial charge on any atom is 0.227 e. The molecule has 1 amide bonds. The van der Waals surface area contributed by atoms with Gasteiger partial charge < -0.3 is 11.1 Å². The van der Waals surface area contributed by atoms with Gasteiger partial charge in [-0.25, -0.2) is 0 Å².